The van der Waals surface area contributed by atoms with Crippen molar-refractivity contribution >= 4 is 27.8 Å². The Balaban J connectivity index is 1.54. The number of hydrogen-bond donors (Lipinski definition) is 2. The molecule has 0 aliphatic carbocycles. The molecule has 4 rings (SSSR count). The highest BCUT2D eigenvalue weighted by molar-refractivity contribution is 6.04. The zero-order valence-corrected chi connectivity index (χ0v) is 13.7. The van der Waals surface area contributed by atoms with Gasteiger partial charge in [-0.2, -0.15) is 0 Å². The summed E-state index contributed by atoms with van der Waals surface area (Å²) < 4.78 is 14.1. The SMILES string of the molecule is O=C(Cn1cnc2c([nH]c3ccccc32)c1=O)NCc1ccc(F)cc1. The van der Waals surface area contributed by atoms with Gasteiger partial charge in [-0.3, -0.25) is 14.2 Å². The van der Waals surface area contributed by atoms with Crippen LogP contribution in [-0.2, 0) is 17.9 Å². The molecule has 2 aromatic carbocycles. The second-order valence-corrected chi connectivity index (χ2v) is 5.98. The molecule has 0 aliphatic rings. The second-order valence-electron chi connectivity index (χ2n) is 5.98. The maximum absolute atomic E-state index is 12.9. The Morgan fingerprint density at radius 1 is 1.15 bits per heavy atom. The van der Waals surface area contributed by atoms with Crippen molar-refractivity contribution in [3.63, 3.8) is 0 Å². The van der Waals surface area contributed by atoms with Gasteiger partial charge < -0.3 is 10.3 Å². The van der Waals surface area contributed by atoms with Gasteiger partial charge in [-0.25, -0.2) is 9.37 Å². The van der Waals surface area contributed by atoms with Crippen LogP contribution >= 0.6 is 0 Å². The van der Waals surface area contributed by atoms with Gasteiger partial charge >= 0.3 is 0 Å². The van der Waals surface area contributed by atoms with E-state index in [4.69, 9.17) is 0 Å². The number of halogens is 1. The Morgan fingerprint density at radius 2 is 1.92 bits per heavy atom. The molecule has 2 heterocycles. The smallest absolute Gasteiger partial charge is 0.278 e. The van der Waals surface area contributed by atoms with E-state index in [0.717, 1.165) is 16.5 Å². The molecular formula is C19H15FN4O2. The Hall–Kier alpha value is -3.48. The molecule has 130 valence electrons. The number of rotatable bonds is 4. The van der Waals surface area contributed by atoms with Crippen LogP contribution < -0.4 is 10.9 Å². The minimum atomic E-state index is -0.329. The van der Waals surface area contributed by atoms with Crippen LogP contribution in [-0.4, -0.2) is 20.4 Å². The van der Waals surface area contributed by atoms with E-state index in [2.05, 4.69) is 15.3 Å². The van der Waals surface area contributed by atoms with Crippen LogP contribution in [0, 0.1) is 5.82 Å². The first-order valence-electron chi connectivity index (χ1n) is 8.09. The maximum atomic E-state index is 12.9. The summed E-state index contributed by atoms with van der Waals surface area (Å²) in [5.74, 6) is -0.655. The Labute approximate surface area is 147 Å². The average Bonchev–Trinajstić information content (AvgIpc) is 3.03. The monoisotopic (exact) mass is 350 g/mol. The van der Waals surface area contributed by atoms with Crippen LogP contribution in [0.1, 0.15) is 5.56 Å². The summed E-state index contributed by atoms with van der Waals surface area (Å²) in [6.45, 7) is 0.119. The molecule has 1 amide bonds. The molecule has 0 unspecified atom stereocenters. The van der Waals surface area contributed by atoms with Crippen molar-refractivity contribution in [1.82, 2.24) is 19.9 Å². The van der Waals surface area contributed by atoms with Crippen molar-refractivity contribution in [2.45, 2.75) is 13.1 Å². The minimum absolute atomic E-state index is 0.141. The van der Waals surface area contributed by atoms with Crippen LogP contribution in [0.5, 0.6) is 0 Å². The topological polar surface area (TPSA) is 79.8 Å². The number of aromatic amines is 1. The average molecular weight is 350 g/mol. The minimum Gasteiger partial charge on any atom is -0.350 e. The molecule has 7 heteroatoms. The maximum Gasteiger partial charge on any atom is 0.278 e. The van der Waals surface area contributed by atoms with Gasteiger partial charge in [-0.05, 0) is 23.8 Å². The summed E-state index contributed by atoms with van der Waals surface area (Å²) in [6, 6.07) is 13.4. The third kappa shape index (κ3) is 2.95. The molecule has 0 atom stereocenters. The fourth-order valence-electron chi connectivity index (χ4n) is 2.87. The highest BCUT2D eigenvalue weighted by Crippen LogP contribution is 2.20. The van der Waals surface area contributed by atoms with E-state index >= 15 is 0 Å². The number of aromatic nitrogens is 3. The Bertz CT molecular complexity index is 1160. The van der Waals surface area contributed by atoms with E-state index in [9.17, 15) is 14.0 Å². The van der Waals surface area contributed by atoms with Crippen LogP contribution in [0.3, 0.4) is 0 Å². The van der Waals surface area contributed by atoms with Gasteiger partial charge in [0.05, 0.1) is 6.33 Å². The summed E-state index contributed by atoms with van der Waals surface area (Å²) in [7, 11) is 0. The van der Waals surface area contributed by atoms with Crippen LogP contribution in [0.4, 0.5) is 4.39 Å². The fourth-order valence-corrected chi connectivity index (χ4v) is 2.87. The van der Waals surface area contributed by atoms with Crippen LogP contribution in [0.15, 0.2) is 59.7 Å². The van der Waals surface area contributed by atoms with E-state index < -0.39 is 0 Å². The lowest BCUT2D eigenvalue weighted by molar-refractivity contribution is -0.121. The molecule has 0 bridgehead atoms. The van der Waals surface area contributed by atoms with Gasteiger partial charge in [0.1, 0.15) is 23.4 Å². The van der Waals surface area contributed by atoms with E-state index in [1.807, 2.05) is 24.3 Å². The summed E-state index contributed by atoms with van der Waals surface area (Å²) in [5, 5.41) is 3.58. The van der Waals surface area contributed by atoms with Gasteiger partial charge in [0.25, 0.3) is 5.56 Å². The predicted molar refractivity (Wildman–Crippen MR) is 96.1 cm³/mol. The molecule has 2 aromatic heterocycles. The number of carbonyl (C=O) groups is 1. The molecule has 0 fully saturated rings. The van der Waals surface area contributed by atoms with E-state index in [1.165, 1.54) is 23.0 Å². The number of hydrogen-bond acceptors (Lipinski definition) is 3. The van der Waals surface area contributed by atoms with Crippen molar-refractivity contribution in [2.24, 2.45) is 0 Å². The van der Waals surface area contributed by atoms with Crippen molar-refractivity contribution < 1.29 is 9.18 Å². The van der Waals surface area contributed by atoms with Crippen molar-refractivity contribution in [2.75, 3.05) is 0 Å². The van der Waals surface area contributed by atoms with Crippen molar-refractivity contribution in [1.29, 1.82) is 0 Å². The van der Waals surface area contributed by atoms with Crippen molar-refractivity contribution in [3.8, 4) is 0 Å². The van der Waals surface area contributed by atoms with Crippen molar-refractivity contribution in [3.05, 3.63) is 76.6 Å². The number of carbonyl (C=O) groups excluding carboxylic acids is 1. The van der Waals surface area contributed by atoms with Gasteiger partial charge in [0.2, 0.25) is 5.91 Å². The largest absolute Gasteiger partial charge is 0.350 e. The first-order valence-corrected chi connectivity index (χ1v) is 8.09. The third-order valence-corrected chi connectivity index (χ3v) is 4.20. The quantitative estimate of drug-likeness (QED) is 0.593. The lowest BCUT2D eigenvalue weighted by Gasteiger charge is -2.07. The van der Waals surface area contributed by atoms with Gasteiger partial charge in [0.15, 0.2) is 0 Å². The molecule has 0 saturated carbocycles. The molecular weight excluding hydrogens is 335 g/mol. The molecule has 0 spiro atoms. The summed E-state index contributed by atoms with van der Waals surface area (Å²) >= 11 is 0. The fraction of sp³-hybridized carbons (Fsp3) is 0.105. The Kier molecular flexibility index (Phi) is 3.96. The Morgan fingerprint density at radius 3 is 2.73 bits per heavy atom. The number of fused-ring (bicyclic) bond motifs is 3. The standard InChI is InChI=1S/C19H15FN4O2/c20-13-7-5-12(6-8-13)9-21-16(25)10-24-11-22-17-14-3-1-2-4-15(14)23-18(17)19(24)26/h1-8,11,23H,9-10H2,(H,21,25). The molecule has 26 heavy (non-hydrogen) atoms. The molecule has 0 saturated heterocycles. The number of nitrogens with one attached hydrogen (secondary N) is 2. The van der Waals surface area contributed by atoms with E-state index in [1.54, 1.807) is 12.1 Å². The van der Waals surface area contributed by atoms with Gasteiger partial charge in [-0.1, -0.05) is 30.3 Å². The molecule has 0 radical (unpaired) electrons. The third-order valence-electron chi connectivity index (χ3n) is 4.20. The normalized spacial score (nSPS) is 11.1. The highest BCUT2D eigenvalue weighted by atomic mass is 19.1. The second kappa shape index (κ2) is 6.44. The summed E-state index contributed by atoms with van der Waals surface area (Å²) in [5.41, 5.74) is 2.26. The summed E-state index contributed by atoms with van der Waals surface area (Å²) in [6.07, 6.45) is 1.38. The first-order chi connectivity index (χ1) is 12.6. The molecule has 6 nitrogen and oxygen atoms in total. The molecule has 0 aliphatic heterocycles. The van der Waals surface area contributed by atoms with Gasteiger partial charge in [-0.15, -0.1) is 0 Å². The number of benzene rings is 2. The lowest BCUT2D eigenvalue weighted by Crippen LogP contribution is -2.32. The molecule has 2 N–H and O–H groups in total. The highest BCUT2D eigenvalue weighted by Gasteiger charge is 2.12. The zero-order chi connectivity index (χ0) is 18.1. The first kappa shape index (κ1) is 16.0. The van der Waals surface area contributed by atoms with Crippen LogP contribution in [0.25, 0.3) is 21.9 Å². The van der Waals surface area contributed by atoms with Crippen LogP contribution in [0.2, 0.25) is 0 Å². The predicted octanol–water partition coefficient (Wildman–Crippen LogP) is 2.33. The van der Waals surface area contributed by atoms with Gasteiger partial charge in [0, 0.05) is 17.4 Å². The number of para-hydroxylation sites is 1. The number of H-pyrrole nitrogens is 1. The zero-order valence-electron chi connectivity index (χ0n) is 13.7. The van der Waals surface area contributed by atoms with E-state index in [0.29, 0.717) is 11.0 Å². The number of nitrogens with zero attached hydrogens (tertiary/aromatic N) is 2. The van der Waals surface area contributed by atoms with E-state index in [-0.39, 0.29) is 30.4 Å². The number of amides is 1. The molecule has 4 aromatic rings. The summed E-state index contributed by atoms with van der Waals surface area (Å²) in [4.78, 5) is 32.1. The lowest BCUT2D eigenvalue weighted by atomic mass is 10.2.